The number of hydrogen-bond acceptors (Lipinski definition) is 4. The molecule has 0 aliphatic carbocycles. The van der Waals surface area contributed by atoms with Crippen LogP contribution in [0.25, 0.3) is 5.65 Å². The van der Waals surface area contributed by atoms with Gasteiger partial charge in [-0.15, -0.1) is 0 Å². The molecule has 0 amide bonds. The van der Waals surface area contributed by atoms with Crippen LogP contribution in [-0.2, 0) is 13.0 Å². The minimum Gasteiger partial charge on any atom is -0.326 e. The van der Waals surface area contributed by atoms with Crippen molar-refractivity contribution in [3.8, 4) is 0 Å². The standard InChI is InChI=1S/C11H17N5/c1-15(2)6-5-10-13-11-4-3-9(7-12)8-16(11)14-10/h3-4,8H,5-7,12H2,1-2H3. The molecule has 0 radical (unpaired) electrons. The summed E-state index contributed by atoms with van der Waals surface area (Å²) >= 11 is 0. The second-order valence-electron chi connectivity index (χ2n) is 4.13. The van der Waals surface area contributed by atoms with Crippen LogP contribution in [0.2, 0.25) is 0 Å². The van der Waals surface area contributed by atoms with Gasteiger partial charge in [0.05, 0.1) is 0 Å². The third-order valence-electron chi connectivity index (χ3n) is 2.45. The highest BCUT2D eigenvalue weighted by Gasteiger charge is 2.04. The second-order valence-corrected chi connectivity index (χ2v) is 4.13. The van der Waals surface area contributed by atoms with E-state index in [0.717, 1.165) is 30.0 Å². The Kier molecular flexibility index (Phi) is 3.17. The van der Waals surface area contributed by atoms with E-state index < -0.39 is 0 Å². The Hall–Kier alpha value is -1.46. The molecule has 0 aromatic carbocycles. The summed E-state index contributed by atoms with van der Waals surface area (Å²) in [6.45, 7) is 1.49. The molecule has 86 valence electrons. The van der Waals surface area contributed by atoms with Gasteiger partial charge in [-0.25, -0.2) is 9.50 Å². The molecule has 16 heavy (non-hydrogen) atoms. The van der Waals surface area contributed by atoms with Crippen molar-refractivity contribution in [2.75, 3.05) is 20.6 Å². The highest BCUT2D eigenvalue weighted by atomic mass is 15.3. The zero-order valence-corrected chi connectivity index (χ0v) is 9.72. The van der Waals surface area contributed by atoms with Crippen LogP contribution in [-0.4, -0.2) is 40.1 Å². The SMILES string of the molecule is CN(C)CCc1nc2ccc(CN)cn2n1. The minimum absolute atomic E-state index is 0.531. The molecule has 0 spiro atoms. The van der Waals surface area contributed by atoms with Crippen molar-refractivity contribution in [1.82, 2.24) is 19.5 Å². The number of pyridine rings is 1. The lowest BCUT2D eigenvalue weighted by molar-refractivity contribution is 0.409. The summed E-state index contributed by atoms with van der Waals surface area (Å²) in [5, 5.41) is 4.42. The fourth-order valence-electron chi connectivity index (χ4n) is 1.52. The summed E-state index contributed by atoms with van der Waals surface area (Å²) in [6.07, 6.45) is 2.80. The summed E-state index contributed by atoms with van der Waals surface area (Å²) < 4.78 is 1.80. The molecule has 0 aliphatic heterocycles. The molecule has 0 saturated carbocycles. The molecule has 0 saturated heterocycles. The van der Waals surface area contributed by atoms with Crippen molar-refractivity contribution < 1.29 is 0 Å². The Balaban J connectivity index is 2.22. The molecule has 2 N–H and O–H groups in total. The zero-order valence-electron chi connectivity index (χ0n) is 9.72. The zero-order chi connectivity index (χ0) is 11.5. The molecule has 0 bridgehead atoms. The van der Waals surface area contributed by atoms with Gasteiger partial charge in [0, 0.05) is 25.7 Å². The second kappa shape index (κ2) is 4.59. The van der Waals surface area contributed by atoms with Crippen LogP contribution >= 0.6 is 0 Å². The van der Waals surface area contributed by atoms with Gasteiger partial charge in [-0.05, 0) is 25.7 Å². The van der Waals surface area contributed by atoms with Crippen molar-refractivity contribution in [3.63, 3.8) is 0 Å². The van der Waals surface area contributed by atoms with Gasteiger partial charge in [0.25, 0.3) is 0 Å². The third-order valence-corrected chi connectivity index (χ3v) is 2.45. The lowest BCUT2D eigenvalue weighted by Gasteiger charge is -2.05. The van der Waals surface area contributed by atoms with E-state index in [2.05, 4.69) is 15.0 Å². The largest absolute Gasteiger partial charge is 0.326 e. The number of fused-ring (bicyclic) bond motifs is 1. The summed E-state index contributed by atoms with van der Waals surface area (Å²) in [5.74, 6) is 0.878. The molecular weight excluding hydrogens is 202 g/mol. The fraction of sp³-hybridized carbons (Fsp3) is 0.455. The predicted octanol–water partition coefficient (Wildman–Crippen LogP) is 0.292. The smallest absolute Gasteiger partial charge is 0.155 e. The average Bonchev–Trinajstić information content (AvgIpc) is 2.67. The van der Waals surface area contributed by atoms with E-state index in [9.17, 15) is 0 Å². The Bertz CT molecular complexity index is 474. The lowest BCUT2D eigenvalue weighted by atomic mass is 10.3. The summed E-state index contributed by atoms with van der Waals surface area (Å²) in [4.78, 5) is 6.57. The molecule has 0 unspecified atom stereocenters. The first-order chi connectivity index (χ1) is 7.69. The van der Waals surface area contributed by atoms with Crippen LogP contribution in [0, 0.1) is 0 Å². The lowest BCUT2D eigenvalue weighted by Crippen LogP contribution is -2.15. The van der Waals surface area contributed by atoms with Gasteiger partial charge in [0.2, 0.25) is 0 Å². The number of hydrogen-bond donors (Lipinski definition) is 1. The van der Waals surface area contributed by atoms with Crippen LogP contribution in [0.1, 0.15) is 11.4 Å². The first-order valence-corrected chi connectivity index (χ1v) is 5.38. The van der Waals surface area contributed by atoms with E-state index in [-0.39, 0.29) is 0 Å². The highest BCUT2D eigenvalue weighted by molar-refractivity contribution is 5.38. The number of aromatic nitrogens is 3. The van der Waals surface area contributed by atoms with Gasteiger partial charge in [0.1, 0.15) is 0 Å². The normalized spacial score (nSPS) is 11.5. The molecule has 5 heteroatoms. The molecule has 2 heterocycles. The van der Waals surface area contributed by atoms with Gasteiger partial charge in [-0.3, -0.25) is 0 Å². The van der Waals surface area contributed by atoms with Crippen molar-refractivity contribution in [2.24, 2.45) is 5.73 Å². The Morgan fingerprint density at radius 1 is 1.38 bits per heavy atom. The van der Waals surface area contributed by atoms with E-state index in [1.54, 1.807) is 4.52 Å². The number of nitrogens with zero attached hydrogens (tertiary/aromatic N) is 4. The van der Waals surface area contributed by atoms with E-state index >= 15 is 0 Å². The quantitative estimate of drug-likeness (QED) is 0.803. The Labute approximate surface area is 94.9 Å². The molecule has 0 aliphatic rings. The van der Waals surface area contributed by atoms with Crippen LogP contribution in [0.4, 0.5) is 0 Å². The predicted molar refractivity (Wildman–Crippen MR) is 63.1 cm³/mol. The number of likely N-dealkylation sites (N-methyl/N-ethyl adjacent to an activating group) is 1. The van der Waals surface area contributed by atoms with Gasteiger partial charge in [0.15, 0.2) is 11.5 Å². The van der Waals surface area contributed by atoms with Crippen molar-refractivity contribution in [2.45, 2.75) is 13.0 Å². The molecule has 5 nitrogen and oxygen atoms in total. The molecule has 2 aromatic heterocycles. The number of rotatable bonds is 4. The summed E-state index contributed by atoms with van der Waals surface area (Å²) in [6, 6.07) is 3.94. The van der Waals surface area contributed by atoms with Gasteiger partial charge >= 0.3 is 0 Å². The maximum absolute atomic E-state index is 5.58. The first kappa shape index (κ1) is 11.0. The maximum atomic E-state index is 5.58. The minimum atomic E-state index is 0.531. The van der Waals surface area contributed by atoms with Crippen LogP contribution in [0.5, 0.6) is 0 Å². The molecular formula is C11H17N5. The highest BCUT2D eigenvalue weighted by Crippen LogP contribution is 2.05. The monoisotopic (exact) mass is 219 g/mol. The van der Waals surface area contributed by atoms with Crippen molar-refractivity contribution in [1.29, 1.82) is 0 Å². The topological polar surface area (TPSA) is 59.5 Å². The first-order valence-electron chi connectivity index (χ1n) is 5.38. The fourth-order valence-corrected chi connectivity index (χ4v) is 1.52. The van der Waals surface area contributed by atoms with Gasteiger partial charge in [-0.1, -0.05) is 6.07 Å². The van der Waals surface area contributed by atoms with Crippen LogP contribution in [0.3, 0.4) is 0 Å². The molecule has 0 fully saturated rings. The summed E-state index contributed by atoms with van der Waals surface area (Å²) in [5.41, 5.74) is 7.52. The average molecular weight is 219 g/mol. The molecule has 2 rings (SSSR count). The Morgan fingerprint density at radius 3 is 2.88 bits per heavy atom. The third kappa shape index (κ3) is 2.37. The van der Waals surface area contributed by atoms with Gasteiger partial charge in [-0.2, -0.15) is 5.10 Å². The summed E-state index contributed by atoms with van der Waals surface area (Å²) in [7, 11) is 4.09. The van der Waals surface area contributed by atoms with E-state index in [0.29, 0.717) is 6.54 Å². The van der Waals surface area contributed by atoms with Gasteiger partial charge < -0.3 is 10.6 Å². The van der Waals surface area contributed by atoms with Crippen LogP contribution < -0.4 is 5.73 Å². The van der Waals surface area contributed by atoms with Crippen molar-refractivity contribution >= 4 is 5.65 Å². The Morgan fingerprint density at radius 2 is 2.19 bits per heavy atom. The van der Waals surface area contributed by atoms with E-state index in [4.69, 9.17) is 5.73 Å². The molecule has 2 aromatic rings. The van der Waals surface area contributed by atoms with E-state index in [1.165, 1.54) is 0 Å². The molecule has 0 atom stereocenters. The maximum Gasteiger partial charge on any atom is 0.155 e. The van der Waals surface area contributed by atoms with Crippen LogP contribution in [0.15, 0.2) is 18.3 Å². The number of nitrogens with two attached hydrogens (primary N) is 1. The van der Waals surface area contributed by atoms with E-state index in [1.807, 2.05) is 32.4 Å². The van der Waals surface area contributed by atoms with Crippen molar-refractivity contribution in [3.05, 3.63) is 29.7 Å².